The summed E-state index contributed by atoms with van der Waals surface area (Å²) in [5.41, 5.74) is 2.38. The fraction of sp³-hybridized carbons (Fsp3) is 0.267. The van der Waals surface area contributed by atoms with Gasteiger partial charge >= 0.3 is 0 Å². The maximum Gasteiger partial charge on any atom is 0.234 e. The summed E-state index contributed by atoms with van der Waals surface area (Å²) in [6.45, 7) is 4.39. The van der Waals surface area contributed by atoms with Crippen molar-refractivity contribution in [1.29, 1.82) is 0 Å². The average molecular weight is 382 g/mol. The predicted octanol–water partition coefficient (Wildman–Crippen LogP) is 3.73. The SMILES string of the molecule is CC1(C)C(=O)Nc2cccc(CNc3nc(Cl)ncc3Br)c21. The number of aromatic nitrogens is 2. The van der Waals surface area contributed by atoms with E-state index in [4.69, 9.17) is 11.6 Å². The zero-order valence-electron chi connectivity index (χ0n) is 12.1. The molecule has 0 fully saturated rings. The average Bonchev–Trinajstić information content (AvgIpc) is 2.71. The second kappa shape index (κ2) is 5.52. The maximum absolute atomic E-state index is 12.1. The van der Waals surface area contributed by atoms with Gasteiger partial charge < -0.3 is 10.6 Å². The van der Waals surface area contributed by atoms with E-state index in [2.05, 4.69) is 36.5 Å². The monoisotopic (exact) mass is 380 g/mol. The van der Waals surface area contributed by atoms with Gasteiger partial charge in [-0.25, -0.2) is 4.98 Å². The summed E-state index contributed by atoms with van der Waals surface area (Å²) in [5, 5.41) is 6.34. The van der Waals surface area contributed by atoms with E-state index >= 15 is 0 Å². The third-order valence-electron chi connectivity index (χ3n) is 3.75. The van der Waals surface area contributed by atoms with E-state index < -0.39 is 5.41 Å². The quantitative estimate of drug-likeness (QED) is 0.795. The summed E-state index contributed by atoms with van der Waals surface area (Å²) < 4.78 is 0.734. The molecule has 0 saturated heterocycles. The van der Waals surface area contributed by atoms with Crippen LogP contribution in [-0.4, -0.2) is 15.9 Å². The molecular formula is C15H14BrClN4O. The molecule has 1 amide bonds. The smallest absolute Gasteiger partial charge is 0.234 e. The van der Waals surface area contributed by atoms with Crippen molar-refractivity contribution >= 4 is 44.9 Å². The van der Waals surface area contributed by atoms with Gasteiger partial charge in [0.05, 0.1) is 9.89 Å². The number of amides is 1. The summed E-state index contributed by atoms with van der Waals surface area (Å²) in [6.07, 6.45) is 1.60. The molecule has 2 aromatic rings. The molecule has 0 spiro atoms. The number of fused-ring (bicyclic) bond motifs is 1. The lowest BCUT2D eigenvalue weighted by molar-refractivity contribution is -0.119. The van der Waals surface area contributed by atoms with Gasteiger partial charge in [0.25, 0.3) is 0 Å². The third-order valence-corrected chi connectivity index (χ3v) is 4.52. The first-order valence-electron chi connectivity index (χ1n) is 6.75. The van der Waals surface area contributed by atoms with Crippen LogP contribution >= 0.6 is 27.5 Å². The molecule has 1 aromatic heterocycles. The first-order valence-corrected chi connectivity index (χ1v) is 7.92. The number of nitrogens with zero attached hydrogens (tertiary/aromatic N) is 2. The lowest BCUT2D eigenvalue weighted by Gasteiger charge is -2.19. The molecule has 5 nitrogen and oxygen atoms in total. The largest absolute Gasteiger partial charge is 0.365 e. The van der Waals surface area contributed by atoms with Crippen LogP contribution in [0.5, 0.6) is 0 Å². The van der Waals surface area contributed by atoms with Gasteiger partial charge in [0.15, 0.2) is 0 Å². The molecule has 1 aromatic carbocycles. The summed E-state index contributed by atoms with van der Waals surface area (Å²) >= 11 is 9.20. The molecule has 114 valence electrons. The standard InChI is InChI=1S/C15H14BrClN4O/c1-15(2)11-8(4-3-5-10(11)20-13(15)22)6-18-12-9(16)7-19-14(17)21-12/h3-5,7H,6H2,1-2H3,(H,20,22)(H,18,19,21). The van der Waals surface area contributed by atoms with E-state index in [0.29, 0.717) is 12.4 Å². The maximum atomic E-state index is 12.1. The molecule has 0 saturated carbocycles. The fourth-order valence-corrected chi connectivity index (χ4v) is 3.09. The summed E-state index contributed by atoms with van der Waals surface area (Å²) in [6, 6.07) is 5.85. The fourth-order valence-electron chi connectivity index (χ4n) is 2.63. The van der Waals surface area contributed by atoms with Crippen LogP contribution in [0.25, 0.3) is 0 Å². The first kappa shape index (κ1) is 15.2. The molecule has 0 unspecified atom stereocenters. The molecule has 2 heterocycles. The van der Waals surface area contributed by atoms with Crippen molar-refractivity contribution in [3.05, 3.63) is 45.3 Å². The Morgan fingerprint density at radius 1 is 1.41 bits per heavy atom. The first-order chi connectivity index (χ1) is 10.4. The van der Waals surface area contributed by atoms with Crippen molar-refractivity contribution in [2.45, 2.75) is 25.8 Å². The van der Waals surface area contributed by atoms with E-state index in [1.807, 2.05) is 32.0 Å². The number of anilines is 2. The molecule has 1 aliphatic heterocycles. The van der Waals surface area contributed by atoms with Crippen molar-refractivity contribution in [3.8, 4) is 0 Å². The Balaban J connectivity index is 1.91. The molecule has 0 radical (unpaired) electrons. The van der Waals surface area contributed by atoms with Crippen LogP contribution in [0.4, 0.5) is 11.5 Å². The lowest BCUT2D eigenvalue weighted by Crippen LogP contribution is -2.28. The Hall–Kier alpha value is -1.66. The van der Waals surface area contributed by atoms with E-state index in [-0.39, 0.29) is 11.2 Å². The van der Waals surface area contributed by atoms with Crippen LogP contribution in [0.15, 0.2) is 28.9 Å². The van der Waals surface area contributed by atoms with Crippen molar-refractivity contribution in [1.82, 2.24) is 9.97 Å². The lowest BCUT2D eigenvalue weighted by atomic mass is 9.83. The van der Waals surface area contributed by atoms with Crippen LogP contribution in [0.1, 0.15) is 25.0 Å². The van der Waals surface area contributed by atoms with Gasteiger partial charge in [0.2, 0.25) is 11.2 Å². The normalized spacial score (nSPS) is 15.4. The van der Waals surface area contributed by atoms with Gasteiger partial charge in [-0.2, -0.15) is 4.98 Å². The molecule has 2 N–H and O–H groups in total. The number of carbonyl (C=O) groups is 1. The van der Waals surface area contributed by atoms with Gasteiger partial charge in [0.1, 0.15) is 5.82 Å². The summed E-state index contributed by atoms with van der Waals surface area (Å²) in [5.74, 6) is 0.633. The minimum atomic E-state index is -0.547. The Kier molecular flexibility index (Phi) is 3.82. The number of rotatable bonds is 3. The predicted molar refractivity (Wildman–Crippen MR) is 90.2 cm³/mol. The molecule has 0 aliphatic carbocycles. The number of nitrogens with one attached hydrogen (secondary N) is 2. The van der Waals surface area contributed by atoms with Crippen molar-refractivity contribution in [2.24, 2.45) is 0 Å². The molecule has 0 atom stereocenters. The second-order valence-electron chi connectivity index (χ2n) is 5.61. The van der Waals surface area contributed by atoms with Crippen LogP contribution in [0.2, 0.25) is 5.28 Å². The Bertz CT molecular complexity index is 763. The van der Waals surface area contributed by atoms with Gasteiger partial charge in [-0.3, -0.25) is 4.79 Å². The van der Waals surface area contributed by atoms with Crippen LogP contribution in [-0.2, 0) is 16.8 Å². The van der Waals surface area contributed by atoms with Crippen LogP contribution in [0.3, 0.4) is 0 Å². The number of hydrogen-bond acceptors (Lipinski definition) is 4. The molecule has 7 heteroatoms. The van der Waals surface area contributed by atoms with Gasteiger partial charge in [0, 0.05) is 18.4 Å². The van der Waals surface area contributed by atoms with Gasteiger partial charge in [-0.1, -0.05) is 12.1 Å². The van der Waals surface area contributed by atoms with Crippen molar-refractivity contribution < 1.29 is 4.79 Å². The molecule has 0 bridgehead atoms. The highest BCUT2D eigenvalue weighted by Crippen LogP contribution is 2.39. The van der Waals surface area contributed by atoms with E-state index in [1.54, 1.807) is 6.20 Å². The van der Waals surface area contributed by atoms with Crippen molar-refractivity contribution in [3.63, 3.8) is 0 Å². The second-order valence-corrected chi connectivity index (χ2v) is 6.80. The topological polar surface area (TPSA) is 66.9 Å². The number of benzene rings is 1. The van der Waals surface area contributed by atoms with Gasteiger partial charge in [-0.15, -0.1) is 0 Å². The van der Waals surface area contributed by atoms with E-state index in [1.165, 1.54) is 0 Å². The molecular weight excluding hydrogens is 368 g/mol. The Morgan fingerprint density at radius 3 is 2.95 bits per heavy atom. The van der Waals surface area contributed by atoms with E-state index in [0.717, 1.165) is 21.3 Å². The zero-order valence-corrected chi connectivity index (χ0v) is 14.4. The number of hydrogen-bond donors (Lipinski definition) is 2. The summed E-state index contributed by atoms with van der Waals surface area (Å²) in [4.78, 5) is 20.1. The summed E-state index contributed by atoms with van der Waals surface area (Å²) in [7, 11) is 0. The highest BCUT2D eigenvalue weighted by atomic mass is 79.9. The van der Waals surface area contributed by atoms with Crippen LogP contribution in [0, 0.1) is 0 Å². The Labute approximate surface area is 141 Å². The number of halogens is 2. The zero-order chi connectivity index (χ0) is 15.9. The minimum Gasteiger partial charge on any atom is -0.365 e. The molecule has 3 rings (SSSR count). The molecule has 1 aliphatic rings. The highest BCUT2D eigenvalue weighted by molar-refractivity contribution is 9.10. The number of carbonyl (C=O) groups excluding carboxylic acids is 1. The highest BCUT2D eigenvalue weighted by Gasteiger charge is 2.39. The van der Waals surface area contributed by atoms with Crippen molar-refractivity contribution in [2.75, 3.05) is 10.6 Å². The minimum absolute atomic E-state index is 0.0150. The van der Waals surface area contributed by atoms with Gasteiger partial charge in [-0.05, 0) is 58.6 Å². The van der Waals surface area contributed by atoms with E-state index in [9.17, 15) is 4.79 Å². The third kappa shape index (κ3) is 2.57. The molecule has 22 heavy (non-hydrogen) atoms. The van der Waals surface area contributed by atoms with Crippen LogP contribution < -0.4 is 10.6 Å². The Morgan fingerprint density at radius 2 is 2.18 bits per heavy atom.